The van der Waals surface area contributed by atoms with Crippen molar-refractivity contribution in [1.82, 2.24) is 5.32 Å². The van der Waals surface area contributed by atoms with Crippen molar-refractivity contribution < 1.29 is 4.79 Å². The average molecular weight is 269 g/mol. The van der Waals surface area contributed by atoms with Gasteiger partial charge in [0.25, 0.3) is 0 Å². The van der Waals surface area contributed by atoms with Crippen LogP contribution in [0.3, 0.4) is 0 Å². The second-order valence-corrected chi connectivity index (χ2v) is 4.20. The summed E-state index contributed by atoms with van der Waals surface area (Å²) in [7, 11) is 0. The summed E-state index contributed by atoms with van der Waals surface area (Å²) in [5.74, 6) is -0.0192. The molecule has 0 aromatic heterocycles. The maximum atomic E-state index is 10.7. The van der Waals surface area contributed by atoms with Crippen molar-refractivity contribution in [1.29, 1.82) is 0 Å². The molecule has 5 nitrogen and oxygen atoms in total. The molecule has 0 saturated heterocycles. The number of nitrogens with two attached hydrogens (primary N) is 2. The Morgan fingerprint density at radius 2 is 1.78 bits per heavy atom. The Balaban J connectivity index is 3.24. The molecule has 18 heavy (non-hydrogen) atoms. The van der Waals surface area contributed by atoms with Gasteiger partial charge in [-0.05, 0) is 36.1 Å². The lowest BCUT2D eigenvalue weighted by Crippen LogP contribution is -2.40. The minimum Gasteiger partial charge on any atom is -0.369 e. The van der Waals surface area contributed by atoms with Crippen molar-refractivity contribution in [2.24, 2.45) is 16.5 Å². The van der Waals surface area contributed by atoms with E-state index in [9.17, 15) is 4.79 Å². The zero-order valence-electron chi connectivity index (χ0n) is 10.5. The molecule has 0 radical (unpaired) electrons. The second-order valence-electron chi connectivity index (χ2n) is 3.77. The normalized spacial score (nSPS) is 11.4. The number of carbonyl (C=O) groups excluding carboxylic acids is 1. The summed E-state index contributed by atoms with van der Waals surface area (Å²) in [5, 5.41) is 2.91. The fourth-order valence-electron chi connectivity index (χ4n) is 1.67. The highest BCUT2D eigenvalue weighted by Crippen LogP contribution is 2.29. The molecule has 0 spiro atoms. The molecule has 0 bridgehead atoms. The molecule has 98 valence electrons. The van der Waals surface area contributed by atoms with Gasteiger partial charge in [0, 0.05) is 5.02 Å². The Morgan fingerprint density at radius 3 is 2.17 bits per heavy atom. The number of nitrogens with one attached hydrogen (secondary N) is 1. The first-order valence-corrected chi connectivity index (χ1v) is 6.07. The summed E-state index contributed by atoms with van der Waals surface area (Å²) in [6.45, 7) is 4.00. The van der Waals surface area contributed by atoms with Crippen LogP contribution < -0.4 is 16.8 Å². The van der Waals surface area contributed by atoms with Gasteiger partial charge in [0.1, 0.15) is 0 Å². The molecule has 0 aliphatic heterocycles. The minimum absolute atomic E-state index is 0.0192. The number of benzene rings is 1. The summed E-state index contributed by atoms with van der Waals surface area (Å²) in [6, 6.07) is 2.95. The predicted molar refractivity (Wildman–Crippen MR) is 74.2 cm³/mol. The molecule has 1 aromatic rings. The molecule has 0 unspecified atom stereocenters. The van der Waals surface area contributed by atoms with Crippen molar-refractivity contribution in [3.8, 4) is 0 Å². The molecule has 0 saturated carbocycles. The number of halogens is 1. The molecule has 0 aliphatic carbocycles. The molecule has 0 aliphatic rings. The topological polar surface area (TPSA) is 93.5 Å². The number of urea groups is 1. The van der Waals surface area contributed by atoms with Crippen LogP contribution in [0.25, 0.3) is 0 Å². The molecule has 1 rings (SSSR count). The van der Waals surface area contributed by atoms with Crippen LogP contribution in [0.4, 0.5) is 10.5 Å². The van der Waals surface area contributed by atoms with Gasteiger partial charge in [-0.25, -0.2) is 9.79 Å². The smallest absolute Gasteiger partial charge is 0.318 e. The van der Waals surface area contributed by atoms with E-state index in [0.717, 1.165) is 29.7 Å². The zero-order chi connectivity index (χ0) is 13.7. The van der Waals surface area contributed by atoms with E-state index in [0.29, 0.717) is 5.02 Å². The van der Waals surface area contributed by atoms with Crippen molar-refractivity contribution in [2.45, 2.75) is 26.7 Å². The van der Waals surface area contributed by atoms with Crippen LogP contribution in [0.5, 0.6) is 0 Å². The van der Waals surface area contributed by atoms with E-state index in [-0.39, 0.29) is 5.96 Å². The maximum Gasteiger partial charge on any atom is 0.318 e. The van der Waals surface area contributed by atoms with Crippen molar-refractivity contribution >= 4 is 29.3 Å². The third-order valence-corrected chi connectivity index (χ3v) is 2.70. The molecule has 5 N–H and O–H groups in total. The van der Waals surface area contributed by atoms with Gasteiger partial charge in [-0.3, -0.25) is 5.32 Å². The number of carbonyl (C=O) groups is 1. The van der Waals surface area contributed by atoms with Crippen LogP contribution in [0.2, 0.25) is 5.02 Å². The summed E-state index contributed by atoms with van der Waals surface area (Å²) >= 11 is 6.03. The number of primary amides is 1. The summed E-state index contributed by atoms with van der Waals surface area (Å²) in [4.78, 5) is 14.9. The van der Waals surface area contributed by atoms with Gasteiger partial charge in [-0.2, -0.15) is 0 Å². The summed E-state index contributed by atoms with van der Waals surface area (Å²) in [6.07, 6.45) is 1.55. The van der Waals surface area contributed by atoms with Gasteiger partial charge in [-0.15, -0.1) is 0 Å². The Kier molecular flexibility index (Phi) is 4.97. The average Bonchev–Trinajstić information content (AvgIpc) is 2.29. The molecule has 1 aromatic carbocycles. The van der Waals surface area contributed by atoms with E-state index in [1.165, 1.54) is 0 Å². The van der Waals surface area contributed by atoms with Crippen molar-refractivity contribution in [2.75, 3.05) is 0 Å². The molecule has 0 heterocycles. The number of guanidine groups is 1. The number of nitrogens with zero attached hydrogens (tertiary/aromatic N) is 1. The van der Waals surface area contributed by atoms with E-state index in [1.807, 2.05) is 26.0 Å². The molecule has 0 atom stereocenters. The Bertz CT molecular complexity index is 460. The molecule has 2 amide bonds. The van der Waals surface area contributed by atoms with Crippen LogP contribution in [0.15, 0.2) is 17.1 Å². The second kappa shape index (κ2) is 6.26. The predicted octanol–water partition coefficient (Wildman–Crippen LogP) is 2.08. The number of hydrogen-bond acceptors (Lipinski definition) is 2. The number of hydrogen-bond donors (Lipinski definition) is 3. The molecular weight excluding hydrogens is 252 g/mol. The summed E-state index contributed by atoms with van der Waals surface area (Å²) in [5.41, 5.74) is 13.3. The van der Waals surface area contributed by atoms with Crippen LogP contribution >= 0.6 is 11.6 Å². The Morgan fingerprint density at radius 1 is 1.28 bits per heavy atom. The third-order valence-electron chi connectivity index (χ3n) is 2.48. The minimum atomic E-state index is -0.735. The van der Waals surface area contributed by atoms with E-state index in [2.05, 4.69) is 10.3 Å². The Hall–Kier alpha value is -1.75. The maximum absolute atomic E-state index is 10.7. The van der Waals surface area contributed by atoms with Gasteiger partial charge < -0.3 is 11.5 Å². The van der Waals surface area contributed by atoms with E-state index in [1.54, 1.807) is 0 Å². The lowest BCUT2D eigenvalue weighted by molar-refractivity contribution is 0.253. The highest BCUT2D eigenvalue weighted by atomic mass is 35.5. The van der Waals surface area contributed by atoms with Crippen LogP contribution in [0.1, 0.15) is 25.0 Å². The first-order chi connectivity index (χ1) is 8.47. The molecule has 0 fully saturated rings. The highest BCUT2D eigenvalue weighted by molar-refractivity contribution is 6.30. The number of aliphatic imine (C=N–C) groups is 1. The molecular formula is C12H17ClN4O. The first-order valence-electron chi connectivity index (χ1n) is 5.69. The van der Waals surface area contributed by atoms with Gasteiger partial charge in [0.05, 0.1) is 5.69 Å². The fourth-order valence-corrected chi connectivity index (χ4v) is 1.94. The number of amides is 2. The van der Waals surface area contributed by atoms with Crippen LogP contribution in [-0.4, -0.2) is 12.0 Å². The van der Waals surface area contributed by atoms with Gasteiger partial charge in [0.2, 0.25) is 5.96 Å². The summed E-state index contributed by atoms with van der Waals surface area (Å²) < 4.78 is 0. The molecule has 6 heteroatoms. The van der Waals surface area contributed by atoms with Crippen molar-refractivity contribution in [3.05, 3.63) is 28.3 Å². The third kappa shape index (κ3) is 3.63. The number of rotatable bonds is 3. The van der Waals surface area contributed by atoms with E-state index in [4.69, 9.17) is 23.1 Å². The fraction of sp³-hybridized carbons (Fsp3) is 0.333. The monoisotopic (exact) mass is 268 g/mol. The first kappa shape index (κ1) is 14.3. The number of aryl methyl sites for hydroxylation is 2. The van der Waals surface area contributed by atoms with Gasteiger partial charge >= 0.3 is 6.03 Å². The van der Waals surface area contributed by atoms with E-state index >= 15 is 0 Å². The lowest BCUT2D eigenvalue weighted by Gasteiger charge is -2.11. The van der Waals surface area contributed by atoms with Gasteiger partial charge in [0.15, 0.2) is 0 Å². The zero-order valence-corrected chi connectivity index (χ0v) is 11.2. The lowest BCUT2D eigenvalue weighted by atomic mass is 10.0. The SMILES string of the molecule is CCc1cc(Cl)cc(CC)c1N=C(N)NC(N)=O. The van der Waals surface area contributed by atoms with Gasteiger partial charge in [-0.1, -0.05) is 25.4 Å². The standard InChI is InChI=1S/C12H17ClN4O/c1-3-7-5-9(13)6-8(4-2)10(7)16-11(14)17-12(15)18/h5-6H,3-4H2,1-2H3,(H5,14,15,16,17,18). The van der Waals surface area contributed by atoms with E-state index < -0.39 is 6.03 Å². The Labute approximate surface area is 111 Å². The highest BCUT2D eigenvalue weighted by Gasteiger charge is 2.09. The largest absolute Gasteiger partial charge is 0.369 e. The van der Waals surface area contributed by atoms with Crippen LogP contribution in [0, 0.1) is 0 Å². The van der Waals surface area contributed by atoms with Crippen LogP contribution in [-0.2, 0) is 12.8 Å². The quantitative estimate of drug-likeness (QED) is 0.578. The van der Waals surface area contributed by atoms with Crippen molar-refractivity contribution in [3.63, 3.8) is 0 Å².